The van der Waals surface area contributed by atoms with E-state index in [-0.39, 0.29) is 18.6 Å². The van der Waals surface area contributed by atoms with Gasteiger partial charge in [-0.15, -0.1) is 0 Å². The van der Waals surface area contributed by atoms with Gasteiger partial charge in [-0.2, -0.15) is 0 Å². The second-order valence-corrected chi connectivity index (χ2v) is 4.96. The van der Waals surface area contributed by atoms with E-state index < -0.39 is 29.9 Å². The van der Waals surface area contributed by atoms with Crippen LogP contribution in [0.4, 0.5) is 0 Å². The lowest BCUT2D eigenvalue weighted by atomic mass is 10.1. The second-order valence-electron chi connectivity index (χ2n) is 4.96. The van der Waals surface area contributed by atoms with Crippen molar-refractivity contribution in [3.05, 3.63) is 0 Å². The van der Waals surface area contributed by atoms with Gasteiger partial charge in [-0.25, -0.2) is 4.99 Å². The molecule has 0 spiro atoms. The molecule has 22 heavy (non-hydrogen) atoms. The van der Waals surface area contributed by atoms with Crippen LogP contribution in [0.5, 0.6) is 0 Å². The van der Waals surface area contributed by atoms with Gasteiger partial charge in [0.2, 0.25) is 5.91 Å². The third-order valence-electron chi connectivity index (χ3n) is 2.94. The van der Waals surface area contributed by atoms with Gasteiger partial charge in [-0.05, 0) is 19.8 Å². The van der Waals surface area contributed by atoms with Crippen LogP contribution >= 0.6 is 0 Å². The molecule has 0 radical (unpaired) electrons. The third kappa shape index (κ3) is 8.25. The fourth-order valence-electron chi connectivity index (χ4n) is 1.62. The highest BCUT2D eigenvalue weighted by molar-refractivity contribution is 6.29. The van der Waals surface area contributed by atoms with Crippen molar-refractivity contribution in [1.82, 2.24) is 5.32 Å². The number of carboxylic acid groups (broad SMARTS) is 1. The average molecular weight is 313 g/mol. The number of aliphatic carboxylic acids is 1. The summed E-state index contributed by atoms with van der Waals surface area (Å²) in [5, 5.41) is 11.2. The highest BCUT2D eigenvalue weighted by Gasteiger charge is 2.21. The van der Waals surface area contributed by atoms with Crippen LogP contribution in [0.1, 0.15) is 46.0 Å². The Morgan fingerprint density at radius 1 is 1.32 bits per heavy atom. The van der Waals surface area contributed by atoms with Crippen molar-refractivity contribution in [3.63, 3.8) is 0 Å². The van der Waals surface area contributed by atoms with Crippen molar-refractivity contribution < 1.29 is 24.3 Å². The minimum absolute atomic E-state index is 0.0213. The van der Waals surface area contributed by atoms with Crippen LogP contribution in [0.2, 0.25) is 0 Å². The van der Waals surface area contributed by atoms with Gasteiger partial charge in [-0.3, -0.25) is 19.2 Å². The van der Waals surface area contributed by atoms with Crippen molar-refractivity contribution in [1.29, 1.82) is 0 Å². The molecule has 0 saturated carbocycles. The average Bonchev–Trinajstić information content (AvgIpc) is 2.48. The summed E-state index contributed by atoms with van der Waals surface area (Å²) < 4.78 is 0. The topological polar surface area (TPSA) is 139 Å². The van der Waals surface area contributed by atoms with Crippen LogP contribution in [0.25, 0.3) is 0 Å². The summed E-state index contributed by atoms with van der Waals surface area (Å²) >= 11 is 0. The molecule has 0 aromatic rings. The Morgan fingerprint density at radius 2 is 1.95 bits per heavy atom. The van der Waals surface area contributed by atoms with Gasteiger partial charge in [0.05, 0.1) is 5.71 Å². The van der Waals surface area contributed by atoms with Gasteiger partial charge >= 0.3 is 5.97 Å². The molecule has 2 unspecified atom stereocenters. The zero-order chi connectivity index (χ0) is 17.1. The van der Waals surface area contributed by atoms with Gasteiger partial charge < -0.3 is 16.2 Å². The first kappa shape index (κ1) is 19.9. The maximum Gasteiger partial charge on any atom is 0.320 e. The largest absolute Gasteiger partial charge is 0.480 e. The highest BCUT2D eigenvalue weighted by Crippen LogP contribution is 2.05. The normalized spacial score (nSPS) is 14.0. The van der Waals surface area contributed by atoms with E-state index in [2.05, 4.69) is 10.3 Å². The monoisotopic (exact) mass is 313 g/mol. The summed E-state index contributed by atoms with van der Waals surface area (Å²) in [6.07, 6.45) is 2.29. The van der Waals surface area contributed by atoms with E-state index in [0.29, 0.717) is 19.1 Å². The Labute approximate surface area is 129 Å². The van der Waals surface area contributed by atoms with E-state index in [0.717, 1.165) is 6.42 Å². The number of carbonyl (C=O) groups is 4. The minimum Gasteiger partial charge on any atom is -0.480 e. The number of carbonyl (C=O) groups excluding carboxylic acids is 3. The number of nitrogens with one attached hydrogen (secondary N) is 1. The van der Waals surface area contributed by atoms with Crippen LogP contribution in [0.15, 0.2) is 4.99 Å². The van der Waals surface area contributed by atoms with Crippen molar-refractivity contribution in [3.8, 4) is 0 Å². The summed E-state index contributed by atoms with van der Waals surface area (Å²) in [6, 6.07) is -1.94. The first-order valence-electron chi connectivity index (χ1n) is 7.13. The number of hydrogen-bond donors (Lipinski definition) is 3. The van der Waals surface area contributed by atoms with E-state index in [1.54, 1.807) is 0 Å². The molecule has 0 heterocycles. The molecular formula is C14H23N3O5. The van der Waals surface area contributed by atoms with Gasteiger partial charge in [0.25, 0.3) is 5.91 Å². The summed E-state index contributed by atoms with van der Waals surface area (Å²) in [5.41, 5.74) is 5.35. The first-order chi connectivity index (χ1) is 10.3. The molecule has 0 aliphatic carbocycles. The molecule has 0 bridgehead atoms. The van der Waals surface area contributed by atoms with E-state index >= 15 is 0 Å². The second kappa shape index (κ2) is 10.6. The summed E-state index contributed by atoms with van der Waals surface area (Å²) in [6.45, 7) is 3.34. The van der Waals surface area contributed by atoms with E-state index in [1.165, 1.54) is 6.92 Å². The van der Waals surface area contributed by atoms with Gasteiger partial charge in [0.1, 0.15) is 12.1 Å². The highest BCUT2D eigenvalue weighted by atomic mass is 16.4. The van der Waals surface area contributed by atoms with Crippen LogP contribution in [0, 0.1) is 0 Å². The number of rotatable bonds is 10. The van der Waals surface area contributed by atoms with E-state index in [9.17, 15) is 19.2 Å². The molecule has 2 atom stereocenters. The lowest BCUT2D eigenvalue weighted by Crippen LogP contribution is -2.41. The van der Waals surface area contributed by atoms with Crippen molar-refractivity contribution in [2.24, 2.45) is 10.7 Å². The quantitative estimate of drug-likeness (QED) is 0.384. The fraction of sp³-hybridized carbons (Fsp3) is 0.643. The van der Waals surface area contributed by atoms with Crippen LogP contribution in [-0.4, -0.2) is 47.0 Å². The molecule has 0 aliphatic heterocycles. The first-order valence-corrected chi connectivity index (χ1v) is 7.13. The van der Waals surface area contributed by atoms with Gasteiger partial charge in [-0.1, -0.05) is 19.8 Å². The Kier molecular flexibility index (Phi) is 9.60. The van der Waals surface area contributed by atoms with Crippen molar-refractivity contribution >= 4 is 29.8 Å². The zero-order valence-corrected chi connectivity index (χ0v) is 12.9. The van der Waals surface area contributed by atoms with Crippen LogP contribution in [-0.2, 0) is 19.2 Å². The predicted molar refractivity (Wildman–Crippen MR) is 80.5 cm³/mol. The summed E-state index contributed by atoms with van der Waals surface area (Å²) in [5.74, 6) is -2.24. The van der Waals surface area contributed by atoms with Gasteiger partial charge in [0, 0.05) is 6.42 Å². The maximum absolute atomic E-state index is 11.9. The molecule has 0 rings (SSSR count). The fourth-order valence-corrected chi connectivity index (χ4v) is 1.62. The van der Waals surface area contributed by atoms with Crippen molar-refractivity contribution in [2.45, 2.75) is 58.0 Å². The Balaban J connectivity index is 4.63. The molecule has 0 aromatic heterocycles. The van der Waals surface area contributed by atoms with Crippen LogP contribution in [0.3, 0.4) is 0 Å². The molecule has 0 saturated heterocycles. The molecule has 124 valence electrons. The molecule has 0 aliphatic rings. The maximum atomic E-state index is 11.9. The number of hydrogen-bond acceptors (Lipinski definition) is 5. The molecule has 0 aromatic carbocycles. The molecule has 4 N–H and O–H groups in total. The molecule has 0 fully saturated rings. The van der Waals surface area contributed by atoms with Crippen molar-refractivity contribution in [2.75, 3.05) is 0 Å². The number of amides is 2. The number of nitrogens with zero attached hydrogens (tertiary/aromatic N) is 1. The Hall–Kier alpha value is -2.09. The zero-order valence-electron chi connectivity index (χ0n) is 12.9. The van der Waals surface area contributed by atoms with E-state index in [1.807, 2.05) is 6.92 Å². The lowest BCUT2D eigenvalue weighted by molar-refractivity contribution is -0.138. The smallest absolute Gasteiger partial charge is 0.320 e. The number of aliphatic imine (C=N–C) groups is 1. The molecule has 8 nitrogen and oxygen atoms in total. The standard InChI is InChI=1S/C14H23N3O5/c1-3-4-5-11(13(20)16-9(2)8-18)17-12(19)7-6-10(15)14(21)22/h8,10-11H,3-7,15H2,1-2H3,(H,17,19)(H,21,22). The molecule has 8 heteroatoms. The number of carboxylic acids is 1. The minimum atomic E-state index is -1.18. The Morgan fingerprint density at radius 3 is 2.45 bits per heavy atom. The SMILES string of the molecule is CCCCC(NC(=O)CCC(N)C(=O)O)C(=O)N=C(C)C=O. The Bertz CT molecular complexity index is 448. The lowest BCUT2D eigenvalue weighted by Gasteiger charge is -2.15. The number of nitrogens with two attached hydrogens (primary N) is 1. The third-order valence-corrected chi connectivity index (χ3v) is 2.94. The van der Waals surface area contributed by atoms with E-state index in [4.69, 9.17) is 10.8 Å². The number of aldehydes is 1. The summed E-state index contributed by atoms with van der Waals surface area (Å²) in [7, 11) is 0. The summed E-state index contributed by atoms with van der Waals surface area (Å²) in [4.78, 5) is 48.4. The number of unbranched alkanes of at least 4 members (excludes halogenated alkanes) is 1. The van der Waals surface area contributed by atoms with Gasteiger partial charge in [0.15, 0.2) is 6.29 Å². The van der Waals surface area contributed by atoms with Crippen LogP contribution < -0.4 is 11.1 Å². The predicted octanol–water partition coefficient (Wildman–Crippen LogP) is 0.0399. The molecule has 2 amide bonds. The molecular weight excluding hydrogens is 290 g/mol.